The summed E-state index contributed by atoms with van der Waals surface area (Å²) in [5.41, 5.74) is 0.781. The van der Waals surface area contributed by atoms with Gasteiger partial charge in [0.1, 0.15) is 5.75 Å². The van der Waals surface area contributed by atoms with Gasteiger partial charge in [-0.15, -0.1) is 0 Å². The zero-order valence-corrected chi connectivity index (χ0v) is 11.7. The van der Waals surface area contributed by atoms with Crippen molar-refractivity contribution in [2.24, 2.45) is 0 Å². The second-order valence-corrected chi connectivity index (χ2v) is 5.67. The predicted molar refractivity (Wildman–Crippen MR) is 72.2 cm³/mol. The average molecular weight is 308 g/mol. The summed E-state index contributed by atoms with van der Waals surface area (Å²) in [6.07, 6.45) is 3.84. The van der Waals surface area contributed by atoms with Crippen LogP contribution in [0.25, 0.3) is 0 Å². The molecule has 4 heteroatoms. The Bertz CT molecular complexity index is 505. The second kappa shape index (κ2) is 4.43. The van der Waals surface area contributed by atoms with Crippen molar-refractivity contribution in [3.8, 4) is 5.75 Å². The van der Waals surface area contributed by atoms with E-state index in [-0.39, 0.29) is 12.1 Å². The quantitative estimate of drug-likeness (QED) is 0.859. The molecule has 1 saturated carbocycles. The first kappa shape index (κ1) is 11.8. The summed E-state index contributed by atoms with van der Waals surface area (Å²) in [4.78, 5) is 13.9. The topological polar surface area (TPSA) is 29.5 Å². The predicted octanol–water partition coefficient (Wildman–Crippen LogP) is 3.10. The van der Waals surface area contributed by atoms with Crippen LogP contribution in [0.15, 0.2) is 40.4 Å². The minimum absolute atomic E-state index is 0.111. The van der Waals surface area contributed by atoms with Gasteiger partial charge in [-0.1, -0.05) is 15.9 Å². The summed E-state index contributed by atoms with van der Waals surface area (Å²) in [5.74, 6) is 0.896. The van der Waals surface area contributed by atoms with E-state index in [9.17, 15) is 4.79 Å². The van der Waals surface area contributed by atoms with Crippen LogP contribution in [0.4, 0.5) is 0 Å². The molecule has 3 rings (SSSR count). The van der Waals surface area contributed by atoms with Gasteiger partial charge in [0.2, 0.25) is 0 Å². The Morgan fingerprint density at radius 2 is 1.94 bits per heavy atom. The van der Waals surface area contributed by atoms with Crippen molar-refractivity contribution < 1.29 is 9.53 Å². The van der Waals surface area contributed by atoms with Crippen LogP contribution in [0.5, 0.6) is 5.75 Å². The molecule has 0 N–H and O–H groups in total. The van der Waals surface area contributed by atoms with E-state index in [0.29, 0.717) is 6.04 Å². The van der Waals surface area contributed by atoms with Gasteiger partial charge in [-0.25, -0.2) is 0 Å². The zero-order valence-electron chi connectivity index (χ0n) is 10.1. The highest BCUT2D eigenvalue weighted by Gasteiger charge is 2.41. The van der Waals surface area contributed by atoms with E-state index in [2.05, 4.69) is 15.9 Å². The second-order valence-electron chi connectivity index (χ2n) is 4.76. The number of rotatable bonds is 3. The Morgan fingerprint density at radius 1 is 1.28 bits per heavy atom. The fourth-order valence-electron chi connectivity index (χ4n) is 2.15. The molecular weight excluding hydrogens is 294 g/mol. The van der Waals surface area contributed by atoms with Crippen molar-refractivity contribution >= 4 is 21.8 Å². The third kappa shape index (κ3) is 2.17. The summed E-state index contributed by atoms with van der Waals surface area (Å²) in [6, 6.07) is 8.04. The molecule has 0 radical (unpaired) electrons. The molecule has 1 amide bonds. The molecule has 1 aliphatic carbocycles. The third-order valence-corrected chi connectivity index (χ3v) is 3.78. The molecule has 1 aromatic carbocycles. The minimum Gasteiger partial charge on any atom is -0.467 e. The number of hydrogen-bond acceptors (Lipinski definition) is 2. The number of amides is 1. The maximum absolute atomic E-state index is 12.0. The van der Waals surface area contributed by atoms with E-state index in [1.807, 2.05) is 42.2 Å². The van der Waals surface area contributed by atoms with E-state index in [1.54, 1.807) is 0 Å². The lowest BCUT2D eigenvalue weighted by molar-refractivity contribution is -0.131. The molecule has 0 spiro atoms. The first-order valence-electron chi connectivity index (χ1n) is 6.08. The number of benzene rings is 1. The normalized spacial score (nSPS) is 23.2. The molecule has 0 aromatic heterocycles. The van der Waals surface area contributed by atoms with Crippen LogP contribution in [0.3, 0.4) is 0 Å². The molecule has 18 heavy (non-hydrogen) atoms. The minimum atomic E-state index is -0.244. The van der Waals surface area contributed by atoms with Crippen molar-refractivity contribution in [3.05, 3.63) is 40.4 Å². The van der Waals surface area contributed by atoms with Gasteiger partial charge >= 0.3 is 0 Å². The lowest BCUT2D eigenvalue weighted by atomic mass is 10.3. The zero-order chi connectivity index (χ0) is 12.7. The van der Waals surface area contributed by atoms with Crippen LogP contribution in [0.1, 0.15) is 19.8 Å². The molecule has 1 aromatic rings. The van der Waals surface area contributed by atoms with Gasteiger partial charge in [0.05, 0.1) is 0 Å². The molecule has 1 fully saturated rings. The van der Waals surface area contributed by atoms with Gasteiger partial charge in [0.15, 0.2) is 6.23 Å². The smallest absolute Gasteiger partial charge is 0.252 e. The van der Waals surface area contributed by atoms with E-state index in [0.717, 1.165) is 28.6 Å². The number of hydrogen-bond donors (Lipinski definition) is 0. The molecule has 2 aliphatic rings. The largest absolute Gasteiger partial charge is 0.467 e. The Hall–Kier alpha value is -1.29. The van der Waals surface area contributed by atoms with Crippen LogP contribution in [-0.2, 0) is 4.79 Å². The lowest BCUT2D eigenvalue weighted by Crippen LogP contribution is -2.39. The Morgan fingerprint density at radius 3 is 2.56 bits per heavy atom. The van der Waals surface area contributed by atoms with E-state index in [4.69, 9.17) is 4.74 Å². The molecule has 1 heterocycles. The van der Waals surface area contributed by atoms with E-state index in [1.165, 1.54) is 0 Å². The highest BCUT2D eigenvalue weighted by molar-refractivity contribution is 9.10. The van der Waals surface area contributed by atoms with Gasteiger partial charge < -0.3 is 4.74 Å². The van der Waals surface area contributed by atoms with E-state index >= 15 is 0 Å². The summed E-state index contributed by atoms with van der Waals surface area (Å²) in [5, 5.41) is 0. The fraction of sp³-hybridized carbons (Fsp3) is 0.357. The molecular formula is C14H14BrNO2. The molecule has 3 nitrogen and oxygen atoms in total. The Balaban J connectivity index is 1.78. The maximum atomic E-state index is 12.0. The molecule has 0 saturated heterocycles. The van der Waals surface area contributed by atoms with Crippen LogP contribution < -0.4 is 4.74 Å². The third-order valence-electron chi connectivity index (χ3n) is 3.25. The Labute approximate surface area is 115 Å². The molecule has 1 atom stereocenters. The number of ether oxygens (including phenoxy) is 1. The van der Waals surface area contributed by atoms with Crippen molar-refractivity contribution in [1.82, 2.24) is 4.90 Å². The summed E-state index contributed by atoms with van der Waals surface area (Å²) < 4.78 is 6.91. The van der Waals surface area contributed by atoms with Crippen molar-refractivity contribution in [1.29, 1.82) is 0 Å². The number of carbonyl (C=O) groups excluding carboxylic acids is 1. The average Bonchev–Trinajstić information content (AvgIpc) is 3.12. The summed E-state index contributed by atoms with van der Waals surface area (Å²) in [7, 11) is 0. The molecule has 1 unspecified atom stereocenters. The van der Waals surface area contributed by atoms with Gasteiger partial charge in [0, 0.05) is 16.1 Å². The fourth-order valence-corrected chi connectivity index (χ4v) is 2.42. The first-order valence-corrected chi connectivity index (χ1v) is 6.88. The number of halogens is 1. The summed E-state index contributed by atoms with van der Waals surface area (Å²) >= 11 is 3.39. The maximum Gasteiger partial charge on any atom is 0.252 e. The summed E-state index contributed by atoms with van der Waals surface area (Å²) in [6.45, 7) is 1.85. The van der Waals surface area contributed by atoms with Crippen LogP contribution in [0.2, 0.25) is 0 Å². The molecule has 0 bridgehead atoms. The number of carbonyl (C=O) groups is 1. The van der Waals surface area contributed by atoms with Crippen molar-refractivity contribution in [2.75, 3.05) is 0 Å². The van der Waals surface area contributed by atoms with Crippen LogP contribution in [0, 0.1) is 0 Å². The number of nitrogens with zero attached hydrogens (tertiary/aromatic N) is 1. The molecule has 1 aliphatic heterocycles. The standard InChI is InChI=1S/C14H14BrNO2/c1-9-8-13(16(14(9)17)11-4-5-11)18-12-6-2-10(15)3-7-12/h2-3,6-8,11,13H,4-5H2,1H3. The Kier molecular flexibility index (Phi) is 2.90. The highest BCUT2D eigenvalue weighted by atomic mass is 79.9. The lowest BCUT2D eigenvalue weighted by Gasteiger charge is -2.25. The van der Waals surface area contributed by atoms with Gasteiger partial charge in [-0.05, 0) is 50.1 Å². The van der Waals surface area contributed by atoms with Gasteiger partial charge in [-0.3, -0.25) is 9.69 Å². The van der Waals surface area contributed by atoms with Crippen LogP contribution in [-0.4, -0.2) is 23.1 Å². The SMILES string of the molecule is CC1=CC(Oc2ccc(Br)cc2)N(C2CC2)C1=O. The highest BCUT2D eigenvalue weighted by Crippen LogP contribution is 2.34. The van der Waals surface area contributed by atoms with Crippen LogP contribution >= 0.6 is 15.9 Å². The van der Waals surface area contributed by atoms with Gasteiger partial charge in [-0.2, -0.15) is 0 Å². The van der Waals surface area contributed by atoms with Crippen molar-refractivity contribution in [3.63, 3.8) is 0 Å². The van der Waals surface area contributed by atoms with E-state index < -0.39 is 0 Å². The monoisotopic (exact) mass is 307 g/mol. The van der Waals surface area contributed by atoms with Crippen molar-refractivity contribution in [2.45, 2.75) is 32.0 Å². The molecule has 94 valence electrons. The first-order chi connectivity index (χ1) is 8.65. The van der Waals surface area contributed by atoms with Gasteiger partial charge in [0.25, 0.3) is 5.91 Å².